The van der Waals surface area contributed by atoms with Crippen LogP contribution in [0, 0.1) is 0 Å². The van der Waals surface area contributed by atoms with Crippen LogP contribution < -0.4 is 0 Å². The second-order valence-electron chi connectivity index (χ2n) is 4.32. The van der Waals surface area contributed by atoms with E-state index in [4.69, 9.17) is 0 Å². The lowest BCUT2D eigenvalue weighted by Gasteiger charge is -2.21. The molecule has 1 saturated heterocycles. The van der Waals surface area contributed by atoms with Crippen molar-refractivity contribution in [3.63, 3.8) is 0 Å². The van der Waals surface area contributed by atoms with Crippen LogP contribution in [0.2, 0.25) is 0 Å². The molecule has 2 rings (SSSR count). The number of likely N-dealkylation sites (tertiary alicyclic amines) is 1. The summed E-state index contributed by atoms with van der Waals surface area (Å²) in [7, 11) is 0. The van der Waals surface area contributed by atoms with E-state index in [1.54, 1.807) is 0 Å². The van der Waals surface area contributed by atoms with Crippen LogP contribution in [0.1, 0.15) is 35.7 Å². The second kappa shape index (κ2) is 5.00. The molecule has 1 aromatic rings. The number of hydrogen-bond acceptors (Lipinski definition) is 1. The van der Waals surface area contributed by atoms with Crippen molar-refractivity contribution in [1.29, 1.82) is 0 Å². The summed E-state index contributed by atoms with van der Waals surface area (Å²) in [6.45, 7) is 3.03. The summed E-state index contributed by atoms with van der Waals surface area (Å²) >= 11 is 3.40. The van der Waals surface area contributed by atoms with E-state index < -0.39 is 0 Å². The Kier molecular flexibility index (Phi) is 3.64. The summed E-state index contributed by atoms with van der Waals surface area (Å²) in [6, 6.07) is 8.24. The minimum absolute atomic E-state index is 0.172. The molecule has 86 valence electrons. The van der Waals surface area contributed by atoms with E-state index in [2.05, 4.69) is 22.9 Å². The normalized spacial score (nSPS) is 20.1. The number of benzene rings is 1. The third-order valence-corrected chi connectivity index (χ3v) is 3.82. The number of hydrogen-bond donors (Lipinski definition) is 0. The monoisotopic (exact) mass is 281 g/mol. The minimum Gasteiger partial charge on any atom is -0.336 e. The molecule has 1 aromatic carbocycles. The van der Waals surface area contributed by atoms with Gasteiger partial charge >= 0.3 is 0 Å². The van der Waals surface area contributed by atoms with Gasteiger partial charge in [0.2, 0.25) is 0 Å². The van der Waals surface area contributed by atoms with Gasteiger partial charge in [-0.15, -0.1) is 0 Å². The SMILES string of the molecule is CC1CCCN1C(=O)c1ccc(CBr)cc1. The first-order valence-corrected chi connectivity index (χ1v) is 6.80. The van der Waals surface area contributed by atoms with E-state index in [0.29, 0.717) is 6.04 Å². The van der Waals surface area contributed by atoms with Crippen LogP contribution in [0.15, 0.2) is 24.3 Å². The molecule has 1 heterocycles. The third-order valence-electron chi connectivity index (χ3n) is 3.17. The fourth-order valence-electron chi connectivity index (χ4n) is 2.14. The maximum Gasteiger partial charge on any atom is 0.254 e. The second-order valence-corrected chi connectivity index (χ2v) is 4.88. The zero-order chi connectivity index (χ0) is 11.5. The summed E-state index contributed by atoms with van der Waals surface area (Å²) in [6.07, 6.45) is 2.26. The van der Waals surface area contributed by atoms with E-state index in [9.17, 15) is 4.79 Å². The highest BCUT2D eigenvalue weighted by Crippen LogP contribution is 2.19. The van der Waals surface area contributed by atoms with Crippen LogP contribution in [0.3, 0.4) is 0 Å². The molecule has 1 fully saturated rings. The van der Waals surface area contributed by atoms with Gasteiger partial charge in [-0.3, -0.25) is 4.79 Å². The molecule has 0 radical (unpaired) electrons. The van der Waals surface area contributed by atoms with Gasteiger partial charge in [-0.1, -0.05) is 28.1 Å². The average Bonchev–Trinajstić information content (AvgIpc) is 2.75. The Labute approximate surface area is 105 Å². The summed E-state index contributed by atoms with van der Waals surface area (Å²) < 4.78 is 0. The minimum atomic E-state index is 0.172. The Morgan fingerprint density at radius 3 is 2.62 bits per heavy atom. The van der Waals surface area contributed by atoms with Crippen molar-refractivity contribution in [3.05, 3.63) is 35.4 Å². The molecule has 1 unspecified atom stereocenters. The molecule has 1 aliphatic rings. The lowest BCUT2D eigenvalue weighted by molar-refractivity contribution is 0.0747. The van der Waals surface area contributed by atoms with Crippen LogP contribution in [-0.2, 0) is 5.33 Å². The topological polar surface area (TPSA) is 20.3 Å². The van der Waals surface area contributed by atoms with Gasteiger partial charge in [-0.2, -0.15) is 0 Å². The summed E-state index contributed by atoms with van der Waals surface area (Å²) in [5.74, 6) is 0.172. The molecule has 1 atom stereocenters. The Bertz CT molecular complexity index is 374. The highest BCUT2D eigenvalue weighted by molar-refractivity contribution is 9.08. The smallest absolute Gasteiger partial charge is 0.254 e. The van der Waals surface area contributed by atoms with Gasteiger partial charge in [-0.25, -0.2) is 0 Å². The molecule has 1 amide bonds. The van der Waals surface area contributed by atoms with E-state index in [1.807, 2.05) is 29.2 Å². The van der Waals surface area contributed by atoms with Crippen LogP contribution in [0.4, 0.5) is 0 Å². The van der Waals surface area contributed by atoms with Gasteiger partial charge in [-0.05, 0) is 37.5 Å². The van der Waals surface area contributed by atoms with Gasteiger partial charge in [0.25, 0.3) is 5.91 Å². The number of carbonyl (C=O) groups is 1. The van der Waals surface area contributed by atoms with Crippen molar-refractivity contribution in [3.8, 4) is 0 Å². The maximum atomic E-state index is 12.2. The first-order valence-electron chi connectivity index (χ1n) is 5.68. The summed E-state index contributed by atoms with van der Waals surface area (Å²) in [5, 5.41) is 0.835. The molecule has 0 saturated carbocycles. The summed E-state index contributed by atoms with van der Waals surface area (Å²) in [5.41, 5.74) is 2.00. The average molecular weight is 282 g/mol. The fraction of sp³-hybridized carbons (Fsp3) is 0.462. The molecule has 2 nitrogen and oxygen atoms in total. The molecule has 3 heteroatoms. The molecule has 16 heavy (non-hydrogen) atoms. The Morgan fingerprint density at radius 2 is 2.12 bits per heavy atom. The largest absolute Gasteiger partial charge is 0.336 e. The zero-order valence-corrected chi connectivity index (χ0v) is 11.0. The number of carbonyl (C=O) groups excluding carboxylic acids is 1. The van der Waals surface area contributed by atoms with Crippen LogP contribution in [0.25, 0.3) is 0 Å². The molecule has 0 aromatic heterocycles. The molecular formula is C13H16BrNO. The fourth-order valence-corrected chi connectivity index (χ4v) is 2.51. The number of nitrogens with zero attached hydrogens (tertiary/aromatic N) is 1. The maximum absolute atomic E-state index is 12.2. The van der Waals surface area contributed by atoms with E-state index >= 15 is 0 Å². The van der Waals surface area contributed by atoms with Gasteiger partial charge in [0.05, 0.1) is 0 Å². The zero-order valence-electron chi connectivity index (χ0n) is 9.45. The van der Waals surface area contributed by atoms with Crippen molar-refractivity contribution in [2.24, 2.45) is 0 Å². The van der Waals surface area contributed by atoms with Gasteiger partial charge < -0.3 is 4.90 Å². The number of amides is 1. The van der Waals surface area contributed by atoms with Crippen molar-refractivity contribution in [1.82, 2.24) is 4.90 Å². The highest BCUT2D eigenvalue weighted by atomic mass is 79.9. The van der Waals surface area contributed by atoms with Crippen LogP contribution >= 0.6 is 15.9 Å². The van der Waals surface area contributed by atoms with E-state index in [1.165, 1.54) is 5.56 Å². The lowest BCUT2D eigenvalue weighted by atomic mass is 10.1. The van der Waals surface area contributed by atoms with Crippen molar-refractivity contribution < 1.29 is 4.79 Å². The van der Waals surface area contributed by atoms with Crippen LogP contribution in [0.5, 0.6) is 0 Å². The van der Waals surface area contributed by atoms with Gasteiger partial charge in [0, 0.05) is 23.5 Å². The molecule has 0 bridgehead atoms. The first kappa shape index (κ1) is 11.6. The Morgan fingerprint density at radius 1 is 1.44 bits per heavy atom. The first-order chi connectivity index (χ1) is 7.72. The standard InChI is InChI=1S/C13H16BrNO/c1-10-3-2-8-15(10)13(16)12-6-4-11(9-14)5-7-12/h4-7,10H,2-3,8-9H2,1H3. The molecule has 0 N–H and O–H groups in total. The molecular weight excluding hydrogens is 266 g/mol. The number of halogens is 1. The number of rotatable bonds is 2. The third kappa shape index (κ3) is 2.29. The van der Waals surface area contributed by atoms with Crippen LogP contribution in [-0.4, -0.2) is 23.4 Å². The molecule has 0 spiro atoms. The summed E-state index contributed by atoms with van der Waals surface area (Å²) in [4.78, 5) is 14.1. The van der Waals surface area contributed by atoms with Gasteiger partial charge in [0.1, 0.15) is 0 Å². The Balaban J connectivity index is 2.14. The lowest BCUT2D eigenvalue weighted by Crippen LogP contribution is -2.33. The quantitative estimate of drug-likeness (QED) is 0.763. The van der Waals surface area contributed by atoms with Crippen molar-refractivity contribution >= 4 is 21.8 Å². The van der Waals surface area contributed by atoms with E-state index in [0.717, 1.165) is 30.3 Å². The van der Waals surface area contributed by atoms with E-state index in [-0.39, 0.29) is 5.91 Å². The predicted octanol–water partition coefficient (Wildman–Crippen LogP) is 3.21. The number of alkyl halides is 1. The van der Waals surface area contributed by atoms with Gasteiger partial charge in [0.15, 0.2) is 0 Å². The predicted molar refractivity (Wildman–Crippen MR) is 68.8 cm³/mol. The van der Waals surface area contributed by atoms with Crippen molar-refractivity contribution in [2.45, 2.75) is 31.1 Å². The highest BCUT2D eigenvalue weighted by Gasteiger charge is 2.25. The Hall–Kier alpha value is -0.830. The molecule has 0 aliphatic carbocycles. The molecule has 1 aliphatic heterocycles. The van der Waals surface area contributed by atoms with Crippen molar-refractivity contribution in [2.75, 3.05) is 6.54 Å².